The molecule has 5 aromatic rings. The van der Waals surface area contributed by atoms with Crippen LogP contribution in [0.5, 0.6) is 11.6 Å². The van der Waals surface area contributed by atoms with Crippen LogP contribution in [0.3, 0.4) is 0 Å². The summed E-state index contributed by atoms with van der Waals surface area (Å²) in [7, 11) is 1.82. The molecule has 0 fully saturated rings. The van der Waals surface area contributed by atoms with E-state index in [-0.39, 0.29) is 0 Å². The van der Waals surface area contributed by atoms with E-state index in [0.717, 1.165) is 16.3 Å². The zero-order valence-corrected chi connectivity index (χ0v) is 18.9. The number of oxazole rings is 1. The van der Waals surface area contributed by atoms with Crippen LogP contribution in [-0.4, -0.2) is 53.4 Å². The van der Waals surface area contributed by atoms with E-state index < -0.39 is 0 Å². The third-order valence-electron chi connectivity index (χ3n) is 5.56. The van der Waals surface area contributed by atoms with Gasteiger partial charge in [-0.1, -0.05) is 12.1 Å². The zero-order valence-electron chi connectivity index (χ0n) is 18.9. The summed E-state index contributed by atoms with van der Waals surface area (Å²) in [5.74, 6) is 3.49. The Morgan fingerprint density at radius 2 is 1.74 bits per heavy atom. The zero-order chi connectivity index (χ0) is 23.6. The number of nitrogens with zero attached hydrogens (tertiary/aromatic N) is 4. The quantitative estimate of drug-likeness (QED) is 0.365. The lowest BCUT2D eigenvalue weighted by atomic mass is 10.1. The molecule has 10 heteroatoms. The number of rotatable bonds is 1. The number of fused-ring (bicyclic) bond motifs is 5. The standard InChI is InChI=1S/C25H22N6O4/c1-26-24-16-13-27-21-12-15(16)17(14-28-24)25-31-23-18(4-2-5-19(23)35-25)33-10-8-32-9-11-34-22-7-3-6-20(29-21)30-22/h2-7,12-14H,8-11H2,1H3,(H,26,28)(H,27,29,30). The Hall–Kier alpha value is -4.44. The highest BCUT2D eigenvalue weighted by Crippen LogP contribution is 2.36. The van der Waals surface area contributed by atoms with E-state index in [4.69, 9.17) is 23.6 Å². The summed E-state index contributed by atoms with van der Waals surface area (Å²) in [6.07, 6.45) is 3.50. The number of ether oxygens (including phenoxy) is 3. The molecule has 5 heterocycles. The molecule has 0 saturated heterocycles. The highest BCUT2D eigenvalue weighted by Gasteiger charge is 2.18. The van der Waals surface area contributed by atoms with Gasteiger partial charge in [-0.3, -0.25) is 0 Å². The van der Waals surface area contributed by atoms with Gasteiger partial charge in [0.05, 0.1) is 18.8 Å². The maximum absolute atomic E-state index is 6.13. The summed E-state index contributed by atoms with van der Waals surface area (Å²) in [6, 6.07) is 13.1. The lowest BCUT2D eigenvalue weighted by molar-refractivity contribution is 0.0757. The molecule has 35 heavy (non-hydrogen) atoms. The molecule has 176 valence electrons. The fourth-order valence-electron chi connectivity index (χ4n) is 3.94. The topological polar surface area (TPSA) is 116 Å². The second-order valence-corrected chi connectivity index (χ2v) is 7.80. The lowest BCUT2D eigenvalue weighted by Gasteiger charge is -2.11. The first kappa shape index (κ1) is 21.1. The van der Waals surface area contributed by atoms with Gasteiger partial charge in [0.2, 0.25) is 11.8 Å². The Morgan fingerprint density at radius 1 is 0.857 bits per heavy atom. The second-order valence-electron chi connectivity index (χ2n) is 7.80. The summed E-state index contributed by atoms with van der Waals surface area (Å²) in [4.78, 5) is 18.4. The van der Waals surface area contributed by atoms with Crippen LogP contribution in [0.25, 0.3) is 33.3 Å². The molecule has 1 aromatic carbocycles. The van der Waals surface area contributed by atoms with E-state index in [1.807, 2.05) is 43.4 Å². The minimum Gasteiger partial charge on any atom is -0.489 e. The third kappa shape index (κ3) is 4.15. The molecular weight excluding hydrogens is 448 g/mol. The van der Waals surface area contributed by atoms with Crippen molar-refractivity contribution in [2.45, 2.75) is 0 Å². The van der Waals surface area contributed by atoms with E-state index in [1.165, 1.54) is 0 Å². The number of benzene rings is 1. The molecule has 6 bridgehead atoms. The fourth-order valence-corrected chi connectivity index (χ4v) is 3.94. The predicted molar refractivity (Wildman–Crippen MR) is 131 cm³/mol. The van der Waals surface area contributed by atoms with Gasteiger partial charge in [0.25, 0.3) is 0 Å². The van der Waals surface area contributed by atoms with E-state index in [0.29, 0.717) is 72.5 Å². The number of hydrogen-bond acceptors (Lipinski definition) is 10. The third-order valence-corrected chi connectivity index (χ3v) is 5.56. The van der Waals surface area contributed by atoms with Crippen molar-refractivity contribution in [1.82, 2.24) is 19.9 Å². The van der Waals surface area contributed by atoms with E-state index >= 15 is 0 Å². The van der Waals surface area contributed by atoms with Crippen molar-refractivity contribution < 1.29 is 18.6 Å². The van der Waals surface area contributed by atoms with Crippen molar-refractivity contribution in [2.75, 3.05) is 44.1 Å². The molecule has 0 atom stereocenters. The maximum Gasteiger partial charge on any atom is 0.229 e. The first-order valence-corrected chi connectivity index (χ1v) is 11.2. The monoisotopic (exact) mass is 470 g/mol. The molecule has 0 spiro atoms. The first-order valence-electron chi connectivity index (χ1n) is 11.2. The molecular formula is C25H22N6O4. The summed E-state index contributed by atoms with van der Waals surface area (Å²) >= 11 is 0. The van der Waals surface area contributed by atoms with E-state index in [9.17, 15) is 0 Å². The number of para-hydroxylation sites is 1. The second kappa shape index (κ2) is 9.07. The van der Waals surface area contributed by atoms with E-state index in [2.05, 4.69) is 25.6 Å². The number of nitrogens with one attached hydrogen (secondary N) is 2. The summed E-state index contributed by atoms with van der Waals surface area (Å²) in [5, 5.41) is 8.08. The Bertz CT molecular complexity index is 1520. The van der Waals surface area contributed by atoms with Gasteiger partial charge in [-0.15, -0.1) is 0 Å². The molecule has 10 nitrogen and oxygen atoms in total. The predicted octanol–water partition coefficient (Wildman–Crippen LogP) is 4.41. The number of anilines is 3. The van der Waals surface area contributed by atoms with Crippen molar-refractivity contribution in [3.63, 3.8) is 0 Å². The van der Waals surface area contributed by atoms with Crippen molar-refractivity contribution in [2.24, 2.45) is 0 Å². The minimum absolute atomic E-state index is 0.370. The maximum atomic E-state index is 6.13. The van der Waals surface area contributed by atoms with Crippen LogP contribution in [0.1, 0.15) is 0 Å². The molecule has 1 aliphatic heterocycles. The smallest absolute Gasteiger partial charge is 0.229 e. The molecule has 0 aliphatic carbocycles. The minimum atomic E-state index is 0.370. The van der Waals surface area contributed by atoms with Gasteiger partial charge in [0.15, 0.2) is 11.1 Å². The average molecular weight is 470 g/mol. The number of pyridine rings is 3. The highest BCUT2D eigenvalue weighted by molar-refractivity contribution is 6.02. The van der Waals surface area contributed by atoms with Crippen LogP contribution in [0.2, 0.25) is 0 Å². The van der Waals surface area contributed by atoms with Crippen LogP contribution in [0, 0.1) is 0 Å². The van der Waals surface area contributed by atoms with Crippen molar-refractivity contribution in [3.8, 4) is 23.1 Å². The summed E-state index contributed by atoms with van der Waals surface area (Å²) < 4.78 is 23.4. The fraction of sp³-hybridized carbons (Fsp3) is 0.200. The first-order chi connectivity index (χ1) is 17.3. The van der Waals surface area contributed by atoms with Gasteiger partial charge < -0.3 is 29.3 Å². The summed E-state index contributed by atoms with van der Waals surface area (Å²) in [5.41, 5.74) is 2.00. The normalized spacial score (nSPS) is 14.0. The van der Waals surface area contributed by atoms with Gasteiger partial charge in [-0.05, 0) is 24.3 Å². The van der Waals surface area contributed by atoms with Gasteiger partial charge in [0.1, 0.15) is 36.4 Å². The molecule has 2 N–H and O–H groups in total. The molecule has 4 aromatic heterocycles. The highest BCUT2D eigenvalue weighted by atomic mass is 16.5. The molecule has 1 aliphatic rings. The van der Waals surface area contributed by atoms with E-state index in [1.54, 1.807) is 18.5 Å². The van der Waals surface area contributed by atoms with Crippen molar-refractivity contribution >= 4 is 39.3 Å². The van der Waals surface area contributed by atoms with Crippen LogP contribution in [-0.2, 0) is 4.74 Å². The van der Waals surface area contributed by atoms with Crippen LogP contribution in [0.15, 0.2) is 59.3 Å². The Kier molecular flexibility index (Phi) is 5.47. The lowest BCUT2D eigenvalue weighted by Crippen LogP contribution is -2.12. The number of aromatic nitrogens is 4. The molecule has 6 rings (SSSR count). The molecule has 0 radical (unpaired) electrons. The van der Waals surface area contributed by atoms with Gasteiger partial charge in [-0.25, -0.2) is 15.0 Å². The molecule has 0 amide bonds. The van der Waals surface area contributed by atoms with Gasteiger partial charge in [-0.2, -0.15) is 4.98 Å². The van der Waals surface area contributed by atoms with Crippen molar-refractivity contribution in [1.29, 1.82) is 0 Å². The molecule has 0 unspecified atom stereocenters. The van der Waals surface area contributed by atoms with Gasteiger partial charge in [0, 0.05) is 36.3 Å². The Morgan fingerprint density at radius 3 is 2.66 bits per heavy atom. The number of hydrogen-bond donors (Lipinski definition) is 2. The van der Waals surface area contributed by atoms with Crippen LogP contribution < -0.4 is 20.1 Å². The SMILES string of the molecule is CNc1ncc2c3cc(ncc13)Nc1cccc(n1)OCCOCCOc1cccc3oc-2nc13. The summed E-state index contributed by atoms with van der Waals surface area (Å²) in [6.45, 7) is 1.56. The average Bonchev–Trinajstić information content (AvgIpc) is 3.32. The Balaban J connectivity index is 1.51. The van der Waals surface area contributed by atoms with Crippen LogP contribution >= 0.6 is 0 Å². The Labute approximate surface area is 200 Å². The van der Waals surface area contributed by atoms with Crippen molar-refractivity contribution in [3.05, 3.63) is 54.9 Å². The van der Waals surface area contributed by atoms with Crippen LogP contribution in [0.4, 0.5) is 17.5 Å². The molecule has 0 saturated carbocycles. The van der Waals surface area contributed by atoms with Gasteiger partial charge >= 0.3 is 0 Å². The largest absolute Gasteiger partial charge is 0.489 e.